The first kappa shape index (κ1) is 20.0. The highest BCUT2D eigenvalue weighted by Gasteiger charge is 2.78. The van der Waals surface area contributed by atoms with Crippen molar-refractivity contribution in [3.63, 3.8) is 0 Å². The van der Waals surface area contributed by atoms with E-state index in [4.69, 9.17) is 9.47 Å². The van der Waals surface area contributed by atoms with Crippen LogP contribution >= 0.6 is 0 Å². The summed E-state index contributed by atoms with van der Waals surface area (Å²) in [5, 5.41) is -0.933. The Balaban J connectivity index is 1.48. The summed E-state index contributed by atoms with van der Waals surface area (Å²) < 4.78 is 36.6. The lowest BCUT2D eigenvalue weighted by molar-refractivity contribution is -0.161. The van der Waals surface area contributed by atoms with E-state index in [-0.39, 0.29) is 28.7 Å². The largest absolute Gasteiger partial charge is 0.462 e. The van der Waals surface area contributed by atoms with E-state index in [1.807, 2.05) is 0 Å². The number of fused-ring (bicyclic) bond motifs is 4. The third-order valence-electron chi connectivity index (χ3n) is 9.69. The van der Waals surface area contributed by atoms with Gasteiger partial charge in [-0.3, -0.25) is 9.59 Å². The molecule has 0 aromatic carbocycles. The zero-order chi connectivity index (χ0) is 21.0. The zero-order valence-corrected chi connectivity index (χ0v) is 18.6. The minimum absolute atomic E-state index is 0.00176. The third kappa shape index (κ3) is 2.46. The molecule has 1 aliphatic heterocycles. The fourth-order valence-electron chi connectivity index (χ4n) is 8.24. The summed E-state index contributed by atoms with van der Waals surface area (Å²) in [5.41, 5.74) is -0.741. The Morgan fingerprint density at radius 1 is 1.10 bits per heavy atom. The van der Waals surface area contributed by atoms with Crippen molar-refractivity contribution in [3.8, 4) is 0 Å². The SMILES string of the molecule is CC(=O)O[C@H]1CCC2C3CC[C@@]45O[C@@H]4C(=O)C(S(C)(=O)=O)C[C@]5(C)C3CC[C@@]21C. The van der Waals surface area contributed by atoms with Crippen LogP contribution in [0.4, 0.5) is 0 Å². The molecule has 5 fully saturated rings. The number of carbonyl (C=O) groups excluding carboxylic acids is 2. The molecule has 5 aliphatic rings. The van der Waals surface area contributed by atoms with Crippen molar-refractivity contribution in [1.29, 1.82) is 0 Å². The standard InChI is InChI=1S/C22H32O6S/c1-12(23)27-17-6-5-14-13-7-10-22-19(28-22)18(24)16(29(4,25)26)11-21(22,3)15(13)8-9-20(14,17)2/h13-17,19H,5-11H2,1-4H3/t13?,14?,15?,16?,17-,19+,20-,21+,22+/m0/s1. The van der Waals surface area contributed by atoms with Gasteiger partial charge in [0.2, 0.25) is 0 Å². The molecule has 1 spiro atoms. The number of rotatable bonds is 2. The van der Waals surface area contributed by atoms with E-state index < -0.39 is 26.8 Å². The third-order valence-corrected chi connectivity index (χ3v) is 11.1. The Labute approximate surface area is 173 Å². The molecule has 1 heterocycles. The Morgan fingerprint density at radius 3 is 2.48 bits per heavy atom. The van der Waals surface area contributed by atoms with Crippen LogP contribution in [-0.4, -0.2) is 49.5 Å². The maximum atomic E-state index is 12.8. The van der Waals surface area contributed by atoms with Gasteiger partial charge in [0, 0.05) is 24.0 Å². The van der Waals surface area contributed by atoms with Gasteiger partial charge >= 0.3 is 5.97 Å². The van der Waals surface area contributed by atoms with E-state index in [0.717, 1.165) is 38.5 Å². The Hall–Kier alpha value is -0.950. The van der Waals surface area contributed by atoms with E-state index in [0.29, 0.717) is 24.2 Å². The Kier molecular flexibility index (Phi) is 4.03. The summed E-state index contributed by atoms with van der Waals surface area (Å²) in [6.45, 7) is 5.96. The van der Waals surface area contributed by atoms with Crippen molar-refractivity contribution < 1.29 is 27.5 Å². The minimum atomic E-state index is -3.45. The van der Waals surface area contributed by atoms with E-state index >= 15 is 0 Å². The summed E-state index contributed by atoms with van der Waals surface area (Å²) in [4.78, 5) is 24.4. The molecule has 162 valence electrons. The molecule has 4 saturated carbocycles. The molecule has 0 amide bonds. The van der Waals surface area contributed by atoms with Crippen molar-refractivity contribution in [1.82, 2.24) is 0 Å². The molecule has 5 rings (SSSR count). The number of ether oxygens (including phenoxy) is 2. The van der Waals surface area contributed by atoms with Crippen molar-refractivity contribution in [3.05, 3.63) is 0 Å². The van der Waals surface area contributed by atoms with Crippen molar-refractivity contribution in [2.24, 2.45) is 28.6 Å². The number of ketones is 1. The molecule has 4 unspecified atom stereocenters. The van der Waals surface area contributed by atoms with Crippen LogP contribution in [0.15, 0.2) is 0 Å². The summed E-state index contributed by atoms with van der Waals surface area (Å²) in [7, 11) is -3.45. The fraction of sp³-hybridized carbons (Fsp3) is 0.909. The lowest BCUT2D eigenvalue weighted by atomic mass is 9.45. The first-order chi connectivity index (χ1) is 13.4. The maximum Gasteiger partial charge on any atom is 0.302 e. The molecule has 0 aromatic heterocycles. The smallest absolute Gasteiger partial charge is 0.302 e. The minimum Gasteiger partial charge on any atom is -0.462 e. The lowest BCUT2D eigenvalue weighted by Crippen LogP contribution is -2.61. The second-order valence-electron chi connectivity index (χ2n) is 10.9. The van der Waals surface area contributed by atoms with Crippen LogP contribution in [0.1, 0.15) is 65.7 Å². The molecular weight excluding hydrogens is 392 g/mol. The second-order valence-corrected chi connectivity index (χ2v) is 13.1. The lowest BCUT2D eigenvalue weighted by Gasteiger charge is -2.59. The van der Waals surface area contributed by atoms with Crippen LogP contribution in [0.5, 0.6) is 0 Å². The van der Waals surface area contributed by atoms with Gasteiger partial charge in [-0.05, 0) is 62.7 Å². The topological polar surface area (TPSA) is 90.0 Å². The van der Waals surface area contributed by atoms with Crippen LogP contribution in [0.3, 0.4) is 0 Å². The highest BCUT2D eigenvalue weighted by molar-refractivity contribution is 7.92. The van der Waals surface area contributed by atoms with Gasteiger partial charge < -0.3 is 9.47 Å². The van der Waals surface area contributed by atoms with Gasteiger partial charge in [0.25, 0.3) is 0 Å². The number of carbonyl (C=O) groups is 2. The summed E-state index contributed by atoms with van der Waals surface area (Å²) in [6.07, 6.45) is 6.80. The Bertz CT molecular complexity index is 882. The van der Waals surface area contributed by atoms with Gasteiger partial charge in [0.15, 0.2) is 15.6 Å². The molecule has 1 saturated heterocycles. The van der Waals surface area contributed by atoms with E-state index in [2.05, 4.69) is 13.8 Å². The van der Waals surface area contributed by atoms with Crippen LogP contribution < -0.4 is 0 Å². The van der Waals surface area contributed by atoms with Gasteiger partial charge in [-0.1, -0.05) is 13.8 Å². The fourth-order valence-corrected chi connectivity index (χ4v) is 9.43. The van der Waals surface area contributed by atoms with Crippen LogP contribution in [0.2, 0.25) is 0 Å². The van der Waals surface area contributed by atoms with Gasteiger partial charge in [0.1, 0.15) is 23.1 Å². The van der Waals surface area contributed by atoms with Crippen molar-refractivity contribution >= 4 is 21.6 Å². The summed E-state index contributed by atoms with van der Waals surface area (Å²) >= 11 is 0. The molecule has 4 aliphatic carbocycles. The number of esters is 1. The molecular formula is C22H32O6S. The number of Topliss-reactive ketones (excluding diaryl/α,β-unsaturated/α-hetero) is 1. The highest BCUT2D eigenvalue weighted by Crippen LogP contribution is 2.72. The first-order valence-corrected chi connectivity index (χ1v) is 13.0. The zero-order valence-electron chi connectivity index (χ0n) is 17.8. The van der Waals surface area contributed by atoms with E-state index in [9.17, 15) is 18.0 Å². The van der Waals surface area contributed by atoms with Gasteiger partial charge in [0.05, 0.1) is 0 Å². The van der Waals surface area contributed by atoms with Gasteiger partial charge in [-0.15, -0.1) is 0 Å². The number of epoxide rings is 1. The average molecular weight is 425 g/mol. The quantitative estimate of drug-likeness (QED) is 0.500. The normalized spacial score (nSPS) is 53.3. The summed E-state index contributed by atoms with van der Waals surface area (Å²) in [5.74, 6) is 0.881. The first-order valence-electron chi connectivity index (χ1n) is 11.0. The highest BCUT2D eigenvalue weighted by atomic mass is 32.2. The molecule has 9 atom stereocenters. The average Bonchev–Trinajstić information content (AvgIpc) is 3.28. The van der Waals surface area contributed by atoms with E-state index in [1.54, 1.807) is 0 Å². The molecule has 6 nitrogen and oxygen atoms in total. The van der Waals surface area contributed by atoms with E-state index in [1.165, 1.54) is 13.2 Å². The summed E-state index contributed by atoms with van der Waals surface area (Å²) in [6, 6.07) is 0. The van der Waals surface area contributed by atoms with Gasteiger partial charge in [-0.2, -0.15) is 0 Å². The second kappa shape index (κ2) is 5.84. The number of sulfone groups is 1. The predicted molar refractivity (Wildman–Crippen MR) is 106 cm³/mol. The van der Waals surface area contributed by atoms with Gasteiger partial charge in [-0.25, -0.2) is 8.42 Å². The van der Waals surface area contributed by atoms with Crippen molar-refractivity contribution in [2.75, 3.05) is 6.26 Å². The molecule has 0 bridgehead atoms. The van der Waals surface area contributed by atoms with Crippen LogP contribution in [0, 0.1) is 28.6 Å². The van der Waals surface area contributed by atoms with Crippen LogP contribution in [0.25, 0.3) is 0 Å². The monoisotopic (exact) mass is 424 g/mol. The predicted octanol–water partition coefficient (Wildman–Crippen LogP) is 2.68. The van der Waals surface area contributed by atoms with Crippen molar-refractivity contribution in [2.45, 2.75) is 88.8 Å². The molecule has 29 heavy (non-hydrogen) atoms. The number of hydrogen-bond acceptors (Lipinski definition) is 6. The van der Waals surface area contributed by atoms with Crippen LogP contribution in [-0.2, 0) is 28.9 Å². The Morgan fingerprint density at radius 2 is 1.83 bits per heavy atom. The maximum absolute atomic E-state index is 12.8. The molecule has 0 N–H and O–H groups in total. The molecule has 0 aromatic rings. The molecule has 7 heteroatoms. The number of hydrogen-bond donors (Lipinski definition) is 0. The molecule has 0 radical (unpaired) electrons.